The first-order chi connectivity index (χ1) is 7.31. The zero-order valence-electron chi connectivity index (χ0n) is 9.67. The number of carbonyl (C=O) groups is 1. The molecule has 0 aromatic heterocycles. The Morgan fingerprint density at radius 1 is 1.00 bits per heavy atom. The third kappa shape index (κ3) is 12.0. The van der Waals surface area contributed by atoms with E-state index >= 15 is 0 Å². The van der Waals surface area contributed by atoms with E-state index in [9.17, 15) is 7.87 Å². The van der Waals surface area contributed by atoms with Gasteiger partial charge in [0.2, 0.25) is 0 Å². The van der Waals surface area contributed by atoms with Crippen LogP contribution in [0.15, 0.2) is 0 Å². The molecule has 0 rings (SSSR count). The van der Waals surface area contributed by atoms with E-state index in [1.54, 1.807) is 0 Å². The molecule has 0 spiro atoms. The van der Waals surface area contributed by atoms with Gasteiger partial charge >= 0.3 is 103 Å². The van der Waals surface area contributed by atoms with Crippen LogP contribution in [0.1, 0.15) is 64.7 Å². The van der Waals surface area contributed by atoms with Crippen LogP contribution in [0.2, 0.25) is 0 Å². The van der Waals surface area contributed by atoms with Crippen molar-refractivity contribution in [2.45, 2.75) is 64.7 Å². The van der Waals surface area contributed by atoms with Gasteiger partial charge in [-0.25, -0.2) is 0 Å². The van der Waals surface area contributed by atoms with E-state index in [-0.39, 0.29) is 5.97 Å². The zero-order chi connectivity index (χ0) is 11.4. The predicted molar refractivity (Wildman–Crippen MR) is 61.2 cm³/mol. The Labute approximate surface area is 103 Å². The Balaban J connectivity index is 3.04. The Morgan fingerprint density at radius 2 is 1.53 bits per heavy atom. The van der Waals surface area contributed by atoms with E-state index in [0.717, 1.165) is 12.8 Å². The summed E-state index contributed by atoms with van der Waals surface area (Å²) in [5.41, 5.74) is 0. The van der Waals surface area contributed by atoms with Gasteiger partial charge in [0, 0.05) is 0 Å². The molecule has 0 unspecified atom stereocenters. The van der Waals surface area contributed by atoms with E-state index in [1.165, 1.54) is 38.5 Å². The van der Waals surface area contributed by atoms with Crippen molar-refractivity contribution in [2.75, 3.05) is 0 Å². The second-order valence-electron chi connectivity index (χ2n) is 3.81. The topological polar surface area (TPSA) is 43.4 Å². The zero-order valence-corrected chi connectivity index (χ0v) is 13.0. The van der Waals surface area contributed by atoms with Gasteiger partial charge in [-0.2, -0.15) is 0 Å². The van der Waals surface area contributed by atoms with Crippen LogP contribution in [-0.4, -0.2) is 27.5 Å². The molecule has 0 aliphatic carbocycles. The molecular weight excluding hydrogens is 299 g/mol. The van der Waals surface area contributed by atoms with Crippen molar-refractivity contribution in [1.82, 2.24) is 0 Å². The second-order valence-corrected chi connectivity index (χ2v) is 5.03. The number of carbonyl (C=O) groups excluding carboxylic acids is 1. The quantitative estimate of drug-likeness (QED) is 0.459. The number of unbranched alkanes of at least 4 members (excludes halogenated alkanes) is 7. The average molecular weight is 321 g/mol. The third-order valence-electron chi connectivity index (χ3n) is 2.41. The van der Waals surface area contributed by atoms with Gasteiger partial charge in [0.1, 0.15) is 0 Å². The van der Waals surface area contributed by atoms with E-state index in [0.29, 0.717) is 6.42 Å². The molecule has 0 aliphatic rings. The normalized spacial score (nSPS) is 9.93. The molecule has 0 aliphatic heterocycles. The number of hydrogen-bond acceptors (Lipinski definition) is 3. The van der Waals surface area contributed by atoms with Crippen LogP contribution in [0, 0.1) is 0 Å². The van der Waals surface area contributed by atoms with Gasteiger partial charge in [0.15, 0.2) is 0 Å². The fourth-order valence-electron chi connectivity index (χ4n) is 1.52. The van der Waals surface area contributed by atoms with Gasteiger partial charge < -0.3 is 0 Å². The maximum atomic E-state index is 10.8. The van der Waals surface area contributed by atoms with Crippen LogP contribution < -0.4 is 0 Å². The summed E-state index contributed by atoms with van der Waals surface area (Å²) in [5.74, 6) is -0.266. The molecule has 15 heavy (non-hydrogen) atoms. The fraction of sp³-hybridized carbons (Fsp3) is 0.909. The van der Waals surface area contributed by atoms with Gasteiger partial charge in [-0.3, -0.25) is 0 Å². The summed E-state index contributed by atoms with van der Waals surface area (Å²) >= 11 is -2.17. The van der Waals surface area contributed by atoms with Crippen LogP contribution >= 0.6 is 0 Å². The third-order valence-corrected chi connectivity index (χ3v) is 3.44. The van der Waals surface area contributed by atoms with Crippen molar-refractivity contribution in [2.24, 2.45) is 0 Å². The summed E-state index contributed by atoms with van der Waals surface area (Å²) in [6.45, 7) is 2.21. The fourth-order valence-corrected chi connectivity index (χ4v) is 2.16. The number of hydrogen-bond donors (Lipinski definition) is 0. The van der Waals surface area contributed by atoms with Crippen molar-refractivity contribution in [3.63, 3.8) is 0 Å². The van der Waals surface area contributed by atoms with Crippen molar-refractivity contribution in [3.05, 3.63) is 0 Å². The number of rotatable bonds is 10. The molecule has 0 aromatic carbocycles. The second kappa shape index (κ2) is 12.1. The summed E-state index contributed by atoms with van der Waals surface area (Å²) in [7, 11) is 0. The van der Waals surface area contributed by atoms with Crippen LogP contribution in [0.25, 0.3) is 0 Å². The van der Waals surface area contributed by atoms with Gasteiger partial charge in [0.05, 0.1) is 0 Å². The molecule has 4 heteroatoms. The van der Waals surface area contributed by atoms with Crippen LogP contribution in [0.3, 0.4) is 0 Å². The molecule has 0 atom stereocenters. The van der Waals surface area contributed by atoms with Crippen molar-refractivity contribution in [3.8, 4) is 0 Å². The minimum absolute atomic E-state index is 0.266. The summed E-state index contributed by atoms with van der Waals surface area (Å²) in [6, 6.07) is 0. The summed E-state index contributed by atoms with van der Waals surface area (Å²) in [5, 5.41) is 0. The SMILES string of the molecule is CCCCCCCCCCC(=O)[O][SnH]=[O]. The average Bonchev–Trinajstić information content (AvgIpc) is 2.22. The first kappa shape index (κ1) is 15.1. The van der Waals surface area contributed by atoms with Gasteiger partial charge in [-0.05, 0) is 0 Å². The molecule has 0 fully saturated rings. The van der Waals surface area contributed by atoms with Crippen LogP contribution in [0.5, 0.6) is 0 Å². The molecule has 0 heterocycles. The molecule has 0 bridgehead atoms. The van der Waals surface area contributed by atoms with Crippen LogP contribution in [0.4, 0.5) is 0 Å². The Kier molecular flexibility index (Phi) is 12.2. The van der Waals surface area contributed by atoms with Gasteiger partial charge in [-0.1, -0.05) is 0 Å². The Morgan fingerprint density at radius 3 is 2.07 bits per heavy atom. The van der Waals surface area contributed by atoms with Gasteiger partial charge in [0.25, 0.3) is 0 Å². The summed E-state index contributed by atoms with van der Waals surface area (Å²) < 4.78 is 14.6. The molecule has 3 nitrogen and oxygen atoms in total. The minimum atomic E-state index is -2.17. The van der Waals surface area contributed by atoms with Crippen molar-refractivity contribution in [1.29, 1.82) is 0 Å². The maximum absolute atomic E-state index is 10.8. The summed E-state index contributed by atoms with van der Waals surface area (Å²) in [4.78, 5) is 10.8. The summed E-state index contributed by atoms with van der Waals surface area (Å²) in [6.07, 6.45) is 10.2. The van der Waals surface area contributed by atoms with Crippen molar-refractivity contribution >= 4 is 27.5 Å². The molecular formula is C11H22O3Sn. The molecule has 0 amide bonds. The first-order valence-corrected chi connectivity index (χ1v) is 8.63. The van der Waals surface area contributed by atoms with E-state index in [1.807, 2.05) is 0 Å². The molecule has 0 aromatic rings. The van der Waals surface area contributed by atoms with E-state index in [2.05, 4.69) is 10.00 Å². The Bertz CT molecular complexity index is 171. The standard InChI is InChI=1S/C11H22O2.O.Sn.H/c1-2-3-4-5-6-7-8-9-10-11(12)13;;;/h2-10H2,1H3,(H,12,13);;;/q;;+1;/p-1. The van der Waals surface area contributed by atoms with Crippen LogP contribution in [-0.2, 0) is 10.9 Å². The first-order valence-electron chi connectivity index (χ1n) is 5.94. The van der Waals surface area contributed by atoms with E-state index in [4.69, 9.17) is 0 Å². The molecule has 0 saturated carbocycles. The molecule has 0 saturated heterocycles. The molecule has 0 radical (unpaired) electrons. The molecule has 0 N–H and O–H groups in total. The predicted octanol–water partition coefficient (Wildman–Crippen LogP) is 2.76. The van der Waals surface area contributed by atoms with E-state index < -0.39 is 21.5 Å². The molecule has 88 valence electrons. The van der Waals surface area contributed by atoms with Gasteiger partial charge in [-0.15, -0.1) is 0 Å². The monoisotopic (exact) mass is 322 g/mol. The Hall–Kier alpha value is 0.0687. The van der Waals surface area contributed by atoms with Crippen molar-refractivity contribution < 1.29 is 10.9 Å².